The average Bonchev–Trinajstić information content (AvgIpc) is 2.92. The van der Waals surface area contributed by atoms with Gasteiger partial charge in [-0.05, 0) is 56.2 Å². The number of methoxy groups -OCH3 is 1. The Labute approximate surface area is 172 Å². The molecule has 29 heavy (non-hydrogen) atoms. The van der Waals surface area contributed by atoms with Crippen molar-refractivity contribution in [2.45, 2.75) is 64.0 Å². The van der Waals surface area contributed by atoms with E-state index in [1.165, 1.54) is 6.42 Å². The molecule has 1 aliphatic carbocycles. The second kappa shape index (κ2) is 8.84. The van der Waals surface area contributed by atoms with Gasteiger partial charge in [0, 0.05) is 6.04 Å². The largest absolute Gasteiger partial charge is 0.497 e. The molecule has 0 spiro atoms. The maximum atomic E-state index is 12.9. The van der Waals surface area contributed by atoms with Gasteiger partial charge < -0.3 is 15.4 Å². The quantitative estimate of drug-likeness (QED) is 0.688. The van der Waals surface area contributed by atoms with E-state index in [2.05, 4.69) is 17.6 Å². The zero-order valence-electron chi connectivity index (χ0n) is 17.5. The van der Waals surface area contributed by atoms with Crippen LogP contribution in [0.2, 0.25) is 0 Å². The molecule has 1 heterocycles. The minimum absolute atomic E-state index is 0.124. The molecule has 2 N–H and O–H groups in total. The number of carbonyl (C=O) groups is 3. The fourth-order valence-corrected chi connectivity index (χ4v) is 4.17. The molecule has 0 unspecified atom stereocenters. The van der Waals surface area contributed by atoms with E-state index >= 15 is 0 Å². The van der Waals surface area contributed by atoms with Crippen molar-refractivity contribution in [3.63, 3.8) is 0 Å². The van der Waals surface area contributed by atoms with Gasteiger partial charge >= 0.3 is 6.03 Å². The standard InChI is InChI=1S/C22H31N3O4/c1-15-6-4-5-7-18(15)23-19(26)14-25-20(27)22(2,24-21(25)28)13-12-16-8-10-17(29-3)11-9-16/h8-11,15,18H,4-7,12-14H2,1-3H3,(H,23,26)(H,24,28)/t15-,18-,22-/m1/s1. The van der Waals surface area contributed by atoms with Gasteiger partial charge in [-0.25, -0.2) is 4.79 Å². The summed E-state index contributed by atoms with van der Waals surface area (Å²) in [4.78, 5) is 38.8. The summed E-state index contributed by atoms with van der Waals surface area (Å²) in [5.41, 5.74) is 0.0478. The van der Waals surface area contributed by atoms with E-state index in [0.29, 0.717) is 18.8 Å². The first kappa shape index (κ1) is 21.1. The molecule has 0 radical (unpaired) electrons. The van der Waals surface area contributed by atoms with E-state index in [1.54, 1.807) is 14.0 Å². The van der Waals surface area contributed by atoms with Crippen molar-refractivity contribution in [1.82, 2.24) is 15.5 Å². The van der Waals surface area contributed by atoms with Gasteiger partial charge in [0.15, 0.2) is 0 Å². The van der Waals surface area contributed by atoms with Crippen molar-refractivity contribution >= 4 is 17.8 Å². The lowest BCUT2D eigenvalue weighted by molar-refractivity contribution is -0.135. The third-order valence-corrected chi connectivity index (χ3v) is 6.18. The van der Waals surface area contributed by atoms with Gasteiger partial charge in [0.2, 0.25) is 5.91 Å². The Balaban J connectivity index is 1.56. The van der Waals surface area contributed by atoms with Crippen LogP contribution in [0.5, 0.6) is 5.75 Å². The van der Waals surface area contributed by atoms with E-state index in [9.17, 15) is 14.4 Å². The normalized spacial score (nSPS) is 26.9. The van der Waals surface area contributed by atoms with Crippen molar-refractivity contribution in [1.29, 1.82) is 0 Å². The molecular weight excluding hydrogens is 370 g/mol. The van der Waals surface area contributed by atoms with Gasteiger partial charge in [-0.2, -0.15) is 0 Å². The van der Waals surface area contributed by atoms with Crippen molar-refractivity contribution in [3.05, 3.63) is 29.8 Å². The lowest BCUT2D eigenvalue weighted by Crippen LogP contribution is -2.48. The highest BCUT2D eigenvalue weighted by Crippen LogP contribution is 2.25. The lowest BCUT2D eigenvalue weighted by Gasteiger charge is -2.30. The summed E-state index contributed by atoms with van der Waals surface area (Å²) < 4.78 is 5.15. The number of carbonyl (C=O) groups excluding carboxylic acids is 3. The summed E-state index contributed by atoms with van der Waals surface area (Å²) in [7, 11) is 1.61. The molecule has 7 heteroatoms. The van der Waals surface area contributed by atoms with Gasteiger partial charge in [-0.1, -0.05) is 31.9 Å². The number of imide groups is 1. The van der Waals surface area contributed by atoms with Gasteiger partial charge in [-0.3, -0.25) is 14.5 Å². The van der Waals surface area contributed by atoms with Crippen molar-refractivity contribution < 1.29 is 19.1 Å². The van der Waals surface area contributed by atoms with Crippen LogP contribution in [-0.4, -0.2) is 48.0 Å². The third-order valence-electron chi connectivity index (χ3n) is 6.18. The summed E-state index contributed by atoms with van der Waals surface area (Å²) in [6, 6.07) is 7.25. The van der Waals surface area contributed by atoms with E-state index in [1.807, 2.05) is 24.3 Å². The molecule has 1 aromatic rings. The van der Waals surface area contributed by atoms with Crippen LogP contribution in [0.25, 0.3) is 0 Å². The zero-order chi connectivity index (χ0) is 21.0. The van der Waals surface area contributed by atoms with Crippen molar-refractivity contribution in [2.24, 2.45) is 5.92 Å². The number of aryl methyl sites for hydroxylation is 1. The molecule has 4 amide bonds. The van der Waals surface area contributed by atoms with Crippen molar-refractivity contribution in [3.8, 4) is 5.75 Å². The fraction of sp³-hybridized carbons (Fsp3) is 0.591. The first-order valence-electron chi connectivity index (χ1n) is 10.4. The Morgan fingerprint density at radius 3 is 2.59 bits per heavy atom. The van der Waals surface area contributed by atoms with Crippen molar-refractivity contribution in [2.75, 3.05) is 13.7 Å². The van der Waals surface area contributed by atoms with Gasteiger partial charge in [0.05, 0.1) is 7.11 Å². The number of nitrogens with one attached hydrogen (secondary N) is 2. The molecule has 0 bridgehead atoms. The van der Waals surface area contributed by atoms with Gasteiger partial charge in [0.25, 0.3) is 5.91 Å². The van der Waals surface area contributed by atoms with Crippen LogP contribution < -0.4 is 15.4 Å². The second-order valence-corrected chi connectivity index (χ2v) is 8.44. The maximum absolute atomic E-state index is 12.9. The maximum Gasteiger partial charge on any atom is 0.325 e. The van der Waals surface area contributed by atoms with Gasteiger partial charge in [-0.15, -0.1) is 0 Å². The molecule has 2 aliphatic rings. The highest BCUT2D eigenvalue weighted by atomic mass is 16.5. The second-order valence-electron chi connectivity index (χ2n) is 8.44. The van der Waals surface area contributed by atoms with Crippen LogP contribution in [0.3, 0.4) is 0 Å². The predicted molar refractivity (Wildman–Crippen MR) is 110 cm³/mol. The molecule has 1 aromatic carbocycles. The minimum Gasteiger partial charge on any atom is -0.497 e. The highest BCUT2D eigenvalue weighted by Gasteiger charge is 2.48. The molecule has 158 valence electrons. The van der Waals surface area contributed by atoms with Crippen LogP contribution in [-0.2, 0) is 16.0 Å². The fourth-order valence-electron chi connectivity index (χ4n) is 4.17. The third kappa shape index (κ3) is 4.89. The number of hydrogen-bond donors (Lipinski definition) is 2. The Morgan fingerprint density at radius 1 is 1.24 bits per heavy atom. The number of urea groups is 1. The zero-order valence-corrected chi connectivity index (χ0v) is 17.5. The SMILES string of the molecule is COc1ccc(CC[C@@]2(C)NC(=O)N(CC(=O)N[C@@H]3CCCC[C@H]3C)C2=O)cc1. The first-order valence-corrected chi connectivity index (χ1v) is 10.4. The van der Waals surface area contributed by atoms with E-state index in [-0.39, 0.29) is 24.4 Å². The Morgan fingerprint density at radius 2 is 1.93 bits per heavy atom. The smallest absolute Gasteiger partial charge is 0.325 e. The number of ether oxygens (including phenoxy) is 1. The predicted octanol–water partition coefficient (Wildman–Crippen LogP) is 2.63. The number of amides is 4. The van der Waals surface area contributed by atoms with Crippen LogP contribution in [0.15, 0.2) is 24.3 Å². The summed E-state index contributed by atoms with van der Waals surface area (Å²) in [5.74, 6) is 0.578. The Kier molecular flexibility index (Phi) is 6.45. The molecular formula is C22H31N3O4. The highest BCUT2D eigenvalue weighted by molar-refractivity contribution is 6.08. The number of benzene rings is 1. The number of rotatable bonds is 7. The molecule has 0 aromatic heterocycles. The number of hydrogen-bond acceptors (Lipinski definition) is 4. The molecule has 7 nitrogen and oxygen atoms in total. The topological polar surface area (TPSA) is 87.7 Å². The van der Waals surface area contributed by atoms with Gasteiger partial charge in [0.1, 0.15) is 17.8 Å². The molecule has 3 rings (SSSR count). The first-order chi connectivity index (χ1) is 13.8. The Hall–Kier alpha value is -2.57. The lowest BCUT2D eigenvalue weighted by atomic mass is 9.86. The molecule has 2 fully saturated rings. The van der Waals surface area contributed by atoms with Crippen LogP contribution in [0, 0.1) is 5.92 Å². The summed E-state index contributed by atoms with van der Waals surface area (Å²) in [6.45, 7) is 3.62. The minimum atomic E-state index is -1.00. The van der Waals surface area contributed by atoms with E-state index < -0.39 is 11.6 Å². The Bertz CT molecular complexity index is 764. The number of nitrogens with zero attached hydrogens (tertiary/aromatic N) is 1. The monoisotopic (exact) mass is 401 g/mol. The summed E-state index contributed by atoms with van der Waals surface area (Å²) in [5, 5.41) is 5.78. The van der Waals surface area contributed by atoms with Crippen LogP contribution >= 0.6 is 0 Å². The van der Waals surface area contributed by atoms with E-state index in [0.717, 1.165) is 35.5 Å². The van der Waals surface area contributed by atoms with E-state index in [4.69, 9.17) is 4.74 Å². The molecule has 1 saturated carbocycles. The summed E-state index contributed by atoms with van der Waals surface area (Å²) in [6.07, 6.45) is 5.42. The molecule has 1 saturated heterocycles. The van der Waals surface area contributed by atoms with Crippen LogP contribution in [0.4, 0.5) is 4.79 Å². The van der Waals surface area contributed by atoms with Crippen LogP contribution in [0.1, 0.15) is 51.5 Å². The average molecular weight is 402 g/mol. The molecule has 3 atom stereocenters. The molecule has 1 aliphatic heterocycles. The summed E-state index contributed by atoms with van der Waals surface area (Å²) >= 11 is 0.